The molecule has 0 N–H and O–H groups in total. The lowest BCUT2D eigenvalue weighted by atomic mass is 10.4. The Labute approximate surface area is 55.4 Å². The average molecular weight is 137 g/mol. The van der Waals surface area contributed by atoms with Crippen molar-refractivity contribution in [2.45, 2.75) is 0 Å². The molecule has 0 unspecified atom stereocenters. The maximum absolute atomic E-state index is 10.6. The van der Waals surface area contributed by atoms with Gasteiger partial charge in [0.15, 0.2) is 0 Å². The first-order valence-electron chi connectivity index (χ1n) is 2.68. The van der Waals surface area contributed by atoms with Crippen LogP contribution in [0.15, 0.2) is 23.0 Å². The normalized spacial score (nSPS) is 10.4. The summed E-state index contributed by atoms with van der Waals surface area (Å²) in [7, 11) is 0. The van der Waals surface area contributed by atoms with Crippen LogP contribution in [0.3, 0.4) is 0 Å². The highest BCUT2D eigenvalue weighted by atomic mass is 16.8. The minimum Gasteiger partial charge on any atom is -0.359 e. The van der Waals surface area contributed by atoms with Gasteiger partial charge in [-0.2, -0.15) is 0 Å². The van der Waals surface area contributed by atoms with Crippen LogP contribution in [-0.2, 0) is 0 Å². The lowest BCUT2D eigenvalue weighted by molar-refractivity contribution is -0.782. The van der Waals surface area contributed by atoms with Gasteiger partial charge in [0, 0.05) is 6.20 Å². The van der Waals surface area contributed by atoms with E-state index >= 15 is 0 Å². The van der Waals surface area contributed by atoms with Crippen molar-refractivity contribution in [3.8, 4) is 0 Å². The number of nitrogens with zero attached hydrogens (tertiary/aromatic N) is 3. The van der Waals surface area contributed by atoms with Crippen molar-refractivity contribution in [3.63, 3.8) is 0 Å². The van der Waals surface area contributed by atoms with Crippen LogP contribution in [0.2, 0.25) is 0 Å². The number of aromatic nitrogens is 3. The van der Waals surface area contributed by atoms with Gasteiger partial charge >= 0.3 is 5.65 Å². The van der Waals surface area contributed by atoms with E-state index in [-0.39, 0.29) is 0 Å². The zero-order valence-corrected chi connectivity index (χ0v) is 4.89. The highest BCUT2D eigenvalue weighted by molar-refractivity contribution is 5.63. The molecule has 0 spiro atoms. The molecule has 0 radical (unpaired) electrons. The summed E-state index contributed by atoms with van der Waals surface area (Å²) in [5.74, 6) is 0. The molecular formula is C5H3N3O2. The largest absolute Gasteiger partial charge is 0.359 e. The molecule has 5 nitrogen and oxygen atoms in total. The van der Waals surface area contributed by atoms with Gasteiger partial charge in [0.2, 0.25) is 5.52 Å². The number of pyridine rings is 1. The van der Waals surface area contributed by atoms with Gasteiger partial charge in [0.05, 0.1) is 5.16 Å². The molecule has 50 valence electrons. The van der Waals surface area contributed by atoms with Crippen molar-refractivity contribution in [1.29, 1.82) is 0 Å². The third-order valence-electron chi connectivity index (χ3n) is 1.16. The van der Waals surface area contributed by atoms with E-state index in [1.165, 1.54) is 0 Å². The molecule has 2 heterocycles. The maximum Gasteiger partial charge on any atom is 0.340 e. The second-order valence-electron chi connectivity index (χ2n) is 1.78. The van der Waals surface area contributed by atoms with E-state index in [4.69, 9.17) is 0 Å². The minimum absolute atomic E-state index is 0.322. The Bertz CT molecular complexity index is 356. The minimum atomic E-state index is 0.322. The van der Waals surface area contributed by atoms with Crippen molar-refractivity contribution in [3.05, 3.63) is 23.5 Å². The number of hydrogen-bond donors (Lipinski definition) is 0. The smallest absolute Gasteiger partial charge is 0.340 e. The van der Waals surface area contributed by atoms with Crippen LogP contribution in [-0.4, -0.2) is 10.1 Å². The summed E-state index contributed by atoms with van der Waals surface area (Å²) < 4.78 is 4.26. The van der Waals surface area contributed by atoms with Crippen LogP contribution in [0.4, 0.5) is 0 Å². The first kappa shape index (κ1) is 5.16. The Morgan fingerprint density at radius 1 is 1.60 bits per heavy atom. The maximum atomic E-state index is 10.6. The molecule has 0 bridgehead atoms. The molecule has 2 aromatic heterocycles. The molecule has 0 saturated heterocycles. The van der Waals surface area contributed by atoms with Crippen molar-refractivity contribution in [1.82, 2.24) is 10.1 Å². The van der Waals surface area contributed by atoms with E-state index < -0.39 is 0 Å². The second kappa shape index (κ2) is 1.66. The fourth-order valence-corrected chi connectivity index (χ4v) is 0.721. The summed E-state index contributed by atoms with van der Waals surface area (Å²) in [4.78, 5) is 4.10. The van der Waals surface area contributed by atoms with Crippen LogP contribution in [0.1, 0.15) is 0 Å². The first-order valence-corrected chi connectivity index (χ1v) is 2.68. The van der Waals surface area contributed by atoms with E-state index in [2.05, 4.69) is 14.8 Å². The van der Waals surface area contributed by atoms with Crippen LogP contribution >= 0.6 is 0 Å². The Kier molecular flexibility index (Phi) is 0.858. The van der Waals surface area contributed by atoms with Gasteiger partial charge in [-0.3, -0.25) is 4.63 Å². The van der Waals surface area contributed by atoms with Crippen LogP contribution in [0.25, 0.3) is 11.2 Å². The molecule has 2 rings (SSSR count). The van der Waals surface area contributed by atoms with Crippen LogP contribution < -0.4 is 4.90 Å². The number of hydrogen-bond acceptors (Lipinski definition) is 4. The van der Waals surface area contributed by atoms with Crippen molar-refractivity contribution in [2.75, 3.05) is 0 Å². The molecule has 0 aliphatic rings. The van der Waals surface area contributed by atoms with E-state index in [1.54, 1.807) is 18.3 Å². The predicted molar refractivity (Wildman–Crippen MR) is 30.8 cm³/mol. The molecule has 0 atom stereocenters. The third-order valence-corrected chi connectivity index (χ3v) is 1.16. The topological polar surface area (TPSA) is 65.9 Å². The molecule has 0 aromatic carbocycles. The summed E-state index contributed by atoms with van der Waals surface area (Å²) in [6.45, 7) is 0. The van der Waals surface area contributed by atoms with Gasteiger partial charge in [0.25, 0.3) is 0 Å². The van der Waals surface area contributed by atoms with E-state index in [0.717, 1.165) is 0 Å². The third kappa shape index (κ3) is 0.540. The Hall–Kier alpha value is -1.65. The first-order chi connectivity index (χ1) is 4.88. The Balaban J connectivity index is 2.93. The lowest BCUT2D eigenvalue weighted by Crippen LogP contribution is -2.22. The zero-order valence-electron chi connectivity index (χ0n) is 4.89. The van der Waals surface area contributed by atoms with Crippen molar-refractivity contribution in [2.24, 2.45) is 0 Å². The molecular weight excluding hydrogens is 134 g/mol. The Morgan fingerprint density at radius 2 is 2.50 bits per heavy atom. The van der Waals surface area contributed by atoms with Crippen molar-refractivity contribution >= 4 is 11.2 Å². The van der Waals surface area contributed by atoms with E-state index in [1.807, 2.05) is 0 Å². The van der Waals surface area contributed by atoms with Gasteiger partial charge in [-0.25, -0.2) is 4.98 Å². The summed E-state index contributed by atoms with van der Waals surface area (Å²) in [6, 6.07) is 3.24. The standard InChI is InChI=1S/C5H3N3O2/c9-8-4-2-1-3-6-5(4)7-10-8/h1-3H. The van der Waals surface area contributed by atoms with Gasteiger partial charge in [-0.15, -0.1) is 0 Å². The number of rotatable bonds is 0. The molecule has 0 fully saturated rings. The molecule has 2 aromatic rings. The molecule has 0 saturated carbocycles. The summed E-state index contributed by atoms with van der Waals surface area (Å²) >= 11 is 0. The summed E-state index contributed by atoms with van der Waals surface area (Å²) in [5.41, 5.74) is 0.681. The zero-order chi connectivity index (χ0) is 6.97. The fourth-order valence-electron chi connectivity index (χ4n) is 0.721. The van der Waals surface area contributed by atoms with Crippen LogP contribution in [0.5, 0.6) is 0 Å². The highest BCUT2D eigenvalue weighted by Crippen LogP contribution is 1.99. The van der Waals surface area contributed by atoms with Gasteiger partial charge in [0.1, 0.15) is 0 Å². The predicted octanol–water partition coefficient (Wildman–Crippen LogP) is -0.144. The monoisotopic (exact) mass is 137 g/mol. The SMILES string of the molecule is [O-][n+]1onc2ncccc21. The molecule has 0 aliphatic heterocycles. The summed E-state index contributed by atoms with van der Waals surface area (Å²) in [6.07, 6.45) is 1.55. The Morgan fingerprint density at radius 3 is 3.30 bits per heavy atom. The van der Waals surface area contributed by atoms with E-state index in [9.17, 15) is 5.21 Å². The average Bonchev–Trinajstić information content (AvgIpc) is 2.34. The highest BCUT2D eigenvalue weighted by Gasteiger charge is 2.06. The van der Waals surface area contributed by atoms with Gasteiger partial charge < -0.3 is 5.21 Å². The summed E-state index contributed by atoms with van der Waals surface area (Å²) in [5, 5.41) is 14.0. The quantitative estimate of drug-likeness (QED) is 0.474. The molecule has 0 amide bonds. The molecule has 5 heteroatoms. The molecule has 0 aliphatic carbocycles. The van der Waals surface area contributed by atoms with Gasteiger partial charge in [-0.05, 0) is 17.0 Å². The number of fused-ring (bicyclic) bond motifs is 1. The van der Waals surface area contributed by atoms with Gasteiger partial charge in [-0.1, -0.05) is 0 Å². The van der Waals surface area contributed by atoms with Crippen LogP contribution in [0, 0.1) is 5.21 Å². The molecule has 10 heavy (non-hydrogen) atoms. The second-order valence-corrected chi connectivity index (χ2v) is 1.78. The lowest BCUT2D eigenvalue weighted by Gasteiger charge is -1.81. The van der Waals surface area contributed by atoms with E-state index in [0.29, 0.717) is 16.1 Å². The van der Waals surface area contributed by atoms with Crippen molar-refractivity contribution < 1.29 is 9.53 Å². The fraction of sp³-hybridized carbons (Fsp3) is 0.